The van der Waals surface area contributed by atoms with E-state index in [-0.39, 0.29) is 13.2 Å². The van der Waals surface area contributed by atoms with Crippen LogP contribution in [-0.4, -0.2) is 23.7 Å². The van der Waals surface area contributed by atoms with Crippen molar-refractivity contribution in [2.24, 2.45) is 0 Å². The van der Waals surface area contributed by atoms with Gasteiger partial charge in [-0.25, -0.2) is 0 Å². The average Bonchev–Trinajstić information content (AvgIpc) is 2.81. The first-order valence-corrected chi connectivity index (χ1v) is 12.9. The second kappa shape index (κ2) is 6.42. The maximum absolute atomic E-state index is 13.2. The number of aryl methyl sites for hydroxylation is 1. The molecule has 0 atom stereocenters. The molecule has 2 rings (SSSR count). The number of alkyl halides is 3. The number of benzene rings is 1. The SMILES string of the molecule is Cc1nn(C(C)C)cc1I(c1ccccc1)S(=O)(=O)C(F)(F)F. The van der Waals surface area contributed by atoms with Gasteiger partial charge in [-0.2, -0.15) is 0 Å². The Kier molecular flexibility index (Phi) is 5.09. The molecule has 0 spiro atoms. The standard InChI is InChI=1S/C14H16F3IN2O2S/c1-10(2)20-9-13(11(3)19-20)18(12-7-5-4-6-8-12)23(21,22)14(15,16)17/h4-10H,1-3H3. The predicted octanol–water partition coefficient (Wildman–Crippen LogP) is 4.17. The van der Waals surface area contributed by atoms with E-state index < -0.39 is 31.0 Å². The van der Waals surface area contributed by atoms with Crippen LogP contribution >= 0.6 is 18.4 Å². The summed E-state index contributed by atoms with van der Waals surface area (Å²) in [5, 5.41) is 4.18. The molecular formula is C14H16F3IN2O2S. The van der Waals surface area contributed by atoms with Gasteiger partial charge >= 0.3 is 138 Å². The number of hydrogen-bond donors (Lipinski definition) is 0. The molecule has 23 heavy (non-hydrogen) atoms. The Morgan fingerprint density at radius 3 is 2.17 bits per heavy atom. The molecule has 0 aliphatic rings. The van der Waals surface area contributed by atoms with Crippen molar-refractivity contribution >= 4 is 25.4 Å². The molecule has 0 bridgehead atoms. The molecule has 0 fully saturated rings. The molecule has 0 aliphatic heterocycles. The zero-order valence-corrected chi connectivity index (χ0v) is 15.6. The summed E-state index contributed by atoms with van der Waals surface area (Å²) in [5.74, 6) is 0. The van der Waals surface area contributed by atoms with Crippen LogP contribution in [0.25, 0.3) is 0 Å². The van der Waals surface area contributed by atoms with Crippen LogP contribution in [0.1, 0.15) is 25.6 Å². The molecule has 0 amide bonds. The fraction of sp³-hybridized carbons (Fsp3) is 0.357. The summed E-state index contributed by atoms with van der Waals surface area (Å²) in [7, 11) is -5.28. The van der Waals surface area contributed by atoms with Gasteiger partial charge in [0.05, 0.1) is 0 Å². The molecule has 0 saturated heterocycles. The second-order valence-corrected chi connectivity index (χ2v) is 15.8. The summed E-state index contributed by atoms with van der Waals surface area (Å²) in [6.07, 6.45) is 1.45. The number of hydrogen-bond acceptors (Lipinski definition) is 3. The third-order valence-electron chi connectivity index (χ3n) is 2.98. The van der Waals surface area contributed by atoms with Crippen molar-refractivity contribution in [2.45, 2.75) is 32.3 Å². The van der Waals surface area contributed by atoms with E-state index in [1.807, 2.05) is 13.8 Å². The van der Waals surface area contributed by atoms with Crippen LogP contribution in [0.4, 0.5) is 13.2 Å². The molecule has 9 heteroatoms. The summed E-state index contributed by atoms with van der Waals surface area (Å²) < 4.78 is 65.8. The Morgan fingerprint density at radius 2 is 1.74 bits per heavy atom. The van der Waals surface area contributed by atoms with Crippen LogP contribution in [0.3, 0.4) is 0 Å². The summed E-state index contributed by atoms with van der Waals surface area (Å²) in [5.41, 5.74) is -4.94. The van der Waals surface area contributed by atoms with Crippen molar-refractivity contribution in [1.29, 1.82) is 0 Å². The molecule has 1 aromatic carbocycles. The van der Waals surface area contributed by atoms with Gasteiger partial charge in [-0.05, 0) is 0 Å². The monoisotopic (exact) mass is 460 g/mol. The van der Waals surface area contributed by atoms with E-state index in [0.29, 0.717) is 5.69 Å². The van der Waals surface area contributed by atoms with Crippen LogP contribution in [0.2, 0.25) is 0 Å². The molecule has 0 aliphatic carbocycles. The minimum atomic E-state index is -5.28. The normalized spacial score (nSPS) is 13.4. The molecule has 0 unspecified atom stereocenters. The van der Waals surface area contributed by atoms with E-state index in [9.17, 15) is 21.6 Å². The first kappa shape index (κ1) is 18.2. The fourth-order valence-corrected chi connectivity index (χ4v) is 12.7. The van der Waals surface area contributed by atoms with Crippen LogP contribution < -0.4 is 0 Å². The number of rotatable bonds is 4. The Bertz CT molecular complexity index is 786. The van der Waals surface area contributed by atoms with Gasteiger partial charge in [-0.3, -0.25) is 0 Å². The zero-order valence-electron chi connectivity index (χ0n) is 12.7. The summed E-state index contributed by atoms with van der Waals surface area (Å²) in [6, 6.07) is 7.56. The second-order valence-electron chi connectivity index (χ2n) is 5.06. The molecule has 4 nitrogen and oxygen atoms in total. The first-order valence-electron chi connectivity index (χ1n) is 6.68. The van der Waals surface area contributed by atoms with E-state index in [4.69, 9.17) is 0 Å². The maximum atomic E-state index is 13.2. The van der Waals surface area contributed by atoms with Crippen molar-refractivity contribution in [3.63, 3.8) is 0 Å². The third kappa shape index (κ3) is 3.54. The Morgan fingerprint density at radius 1 is 1.17 bits per heavy atom. The minimum absolute atomic E-state index is 0.0652. The van der Waals surface area contributed by atoms with Crippen LogP contribution in [0.5, 0.6) is 0 Å². The van der Waals surface area contributed by atoms with E-state index in [1.54, 1.807) is 25.1 Å². The van der Waals surface area contributed by atoms with Crippen LogP contribution in [0.15, 0.2) is 36.5 Å². The van der Waals surface area contributed by atoms with Gasteiger partial charge in [0.1, 0.15) is 0 Å². The zero-order chi connectivity index (χ0) is 17.4. The van der Waals surface area contributed by atoms with Crippen molar-refractivity contribution in [2.75, 3.05) is 0 Å². The van der Waals surface area contributed by atoms with Gasteiger partial charge in [-0.1, -0.05) is 0 Å². The van der Waals surface area contributed by atoms with Crippen molar-refractivity contribution in [1.82, 2.24) is 9.78 Å². The molecule has 1 heterocycles. The average molecular weight is 460 g/mol. The van der Waals surface area contributed by atoms with Crippen LogP contribution in [-0.2, 0) is 7.01 Å². The quantitative estimate of drug-likeness (QED) is 0.509. The first-order chi connectivity index (χ1) is 10.6. The van der Waals surface area contributed by atoms with Gasteiger partial charge in [0.15, 0.2) is 0 Å². The molecule has 2 aromatic rings. The van der Waals surface area contributed by atoms with Gasteiger partial charge in [-0.15, -0.1) is 0 Å². The fourth-order valence-electron chi connectivity index (χ4n) is 1.85. The molecule has 0 radical (unpaired) electrons. The summed E-state index contributed by atoms with van der Waals surface area (Å²) >= 11 is -3.81. The van der Waals surface area contributed by atoms with E-state index >= 15 is 0 Å². The molecule has 0 saturated carbocycles. The third-order valence-corrected chi connectivity index (χ3v) is 15.2. The van der Waals surface area contributed by atoms with Crippen molar-refractivity contribution in [3.8, 4) is 0 Å². The van der Waals surface area contributed by atoms with E-state index in [2.05, 4.69) is 5.10 Å². The summed E-state index contributed by atoms with van der Waals surface area (Å²) in [6.45, 7) is 5.21. The van der Waals surface area contributed by atoms with E-state index in [1.165, 1.54) is 23.0 Å². The number of halogens is 4. The number of nitrogens with zero attached hydrogens (tertiary/aromatic N) is 2. The van der Waals surface area contributed by atoms with Gasteiger partial charge in [0.2, 0.25) is 0 Å². The Hall–Kier alpha value is -1.10. The van der Waals surface area contributed by atoms with Crippen molar-refractivity contribution in [3.05, 3.63) is 49.4 Å². The molecule has 128 valence electrons. The topological polar surface area (TPSA) is 52.0 Å². The Balaban J connectivity index is 2.70. The predicted molar refractivity (Wildman–Crippen MR) is 90.2 cm³/mol. The van der Waals surface area contributed by atoms with Gasteiger partial charge < -0.3 is 0 Å². The number of aromatic nitrogens is 2. The molecule has 1 aromatic heterocycles. The van der Waals surface area contributed by atoms with Gasteiger partial charge in [0.25, 0.3) is 0 Å². The van der Waals surface area contributed by atoms with E-state index in [0.717, 1.165) is 0 Å². The van der Waals surface area contributed by atoms with Crippen LogP contribution in [0, 0.1) is 14.1 Å². The van der Waals surface area contributed by atoms with Crippen molar-refractivity contribution < 1.29 is 21.6 Å². The molecular weight excluding hydrogens is 444 g/mol. The summed E-state index contributed by atoms with van der Waals surface area (Å²) in [4.78, 5) is 0. The Labute approximate surface area is 138 Å². The molecule has 0 N–H and O–H groups in total. The van der Waals surface area contributed by atoms with Gasteiger partial charge in [0, 0.05) is 0 Å².